The second kappa shape index (κ2) is 7.66. The lowest BCUT2D eigenvalue weighted by Gasteiger charge is -2.35. The van der Waals surface area contributed by atoms with Crippen LogP contribution >= 0.6 is 0 Å². The molecule has 0 aromatic heterocycles. The van der Waals surface area contributed by atoms with Crippen molar-refractivity contribution in [1.29, 1.82) is 0 Å². The first-order valence-electron chi connectivity index (χ1n) is 8.30. The van der Waals surface area contributed by atoms with Gasteiger partial charge in [-0.1, -0.05) is 12.1 Å². The highest BCUT2D eigenvalue weighted by Gasteiger charge is 2.32. The monoisotopic (exact) mass is 333 g/mol. The third-order valence-electron chi connectivity index (χ3n) is 4.33. The number of hydrogen-bond donors (Lipinski definition) is 2. The van der Waals surface area contributed by atoms with E-state index in [2.05, 4.69) is 5.32 Å². The fourth-order valence-electron chi connectivity index (χ4n) is 2.83. The van der Waals surface area contributed by atoms with E-state index in [4.69, 9.17) is 10.5 Å². The first-order chi connectivity index (χ1) is 11.3. The molecule has 0 bridgehead atoms. The summed E-state index contributed by atoms with van der Waals surface area (Å²) in [6.45, 7) is 5.09. The number of piperidine rings is 1. The van der Waals surface area contributed by atoms with Crippen molar-refractivity contribution in [2.24, 2.45) is 11.7 Å². The lowest BCUT2D eigenvalue weighted by Crippen LogP contribution is -2.54. The van der Waals surface area contributed by atoms with Crippen molar-refractivity contribution in [2.45, 2.75) is 38.8 Å². The molecule has 1 fully saturated rings. The van der Waals surface area contributed by atoms with Crippen LogP contribution in [0.5, 0.6) is 5.75 Å². The molecule has 0 aliphatic carbocycles. The quantitative estimate of drug-likeness (QED) is 0.850. The zero-order valence-corrected chi connectivity index (χ0v) is 14.7. The molecule has 1 aromatic rings. The van der Waals surface area contributed by atoms with Crippen molar-refractivity contribution in [3.8, 4) is 5.75 Å². The number of nitrogens with two attached hydrogens (primary N) is 1. The van der Waals surface area contributed by atoms with Gasteiger partial charge >= 0.3 is 0 Å². The van der Waals surface area contributed by atoms with Gasteiger partial charge < -0.3 is 20.7 Å². The van der Waals surface area contributed by atoms with Crippen LogP contribution in [0.1, 0.15) is 32.3 Å². The van der Waals surface area contributed by atoms with E-state index < -0.39 is 5.54 Å². The normalized spacial score (nSPS) is 15.9. The summed E-state index contributed by atoms with van der Waals surface area (Å²) in [6.07, 6.45) is 1.35. The summed E-state index contributed by atoms with van der Waals surface area (Å²) in [4.78, 5) is 26.2. The Morgan fingerprint density at radius 2 is 1.83 bits per heavy atom. The Labute approximate surface area is 143 Å². The fourth-order valence-corrected chi connectivity index (χ4v) is 2.83. The van der Waals surface area contributed by atoms with Crippen LogP contribution < -0.4 is 15.8 Å². The topological polar surface area (TPSA) is 84.7 Å². The first-order valence-corrected chi connectivity index (χ1v) is 8.30. The number of carbonyl (C=O) groups is 2. The standard InChI is InChI=1S/C18H27N3O3/c1-18(2,19)17(23)21-10-8-14(9-11-21)16(22)20-12-13-4-6-15(24-3)7-5-13/h4-7,14H,8-12,19H2,1-3H3,(H,20,22). The smallest absolute Gasteiger partial charge is 0.242 e. The molecular formula is C18H27N3O3. The molecule has 6 nitrogen and oxygen atoms in total. The number of hydrogen-bond acceptors (Lipinski definition) is 4. The van der Waals surface area contributed by atoms with E-state index in [1.807, 2.05) is 24.3 Å². The van der Waals surface area contributed by atoms with Crippen LogP contribution in [0.15, 0.2) is 24.3 Å². The molecule has 0 saturated carbocycles. The van der Waals surface area contributed by atoms with Gasteiger partial charge in [0.1, 0.15) is 5.75 Å². The van der Waals surface area contributed by atoms with Gasteiger partial charge in [-0.3, -0.25) is 9.59 Å². The van der Waals surface area contributed by atoms with Gasteiger partial charge in [-0.05, 0) is 44.4 Å². The highest BCUT2D eigenvalue weighted by Crippen LogP contribution is 2.20. The molecule has 132 valence electrons. The minimum Gasteiger partial charge on any atom is -0.497 e. The summed E-state index contributed by atoms with van der Waals surface area (Å²) < 4.78 is 5.11. The average Bonchev–Trinajstić information content (AvgIpc) is 2.58. The zero-order chi connectivity index (χ0) is 17.7. The molecule has 1 aliphatic heterocycles. The van der Waals surface area contributed by atoms with Crippen LogP contribution in [0.4, 0.5) is 0 Å². The van der Waals surface area contributed by atoms with E-state index in [9.17, 15) is 9.59 Å². The minimum absolute atomic E-state index is 0.0462. The van der Waals surface area contributed by atoms with Gasteiger partial charge in [0.25, 0.3) is 0 Å². The van der Waals surface area contributed by atoms with Crippen LogP contribution in [0.25, 0.3) is 0 Å². The molecule has 3 N–H and O–H groups in total. The maximum Gasteiger partial charge on any atom is 0.242 e. The summed E-state index contributed by atoms with van der Waals surface area (Å²) in [6, 6.07) is 7.62. The van der Waals surface area contributed by atoms with Gasteiger partial charge in [0.2, 0.25) is 11.8 Å². The Hall–Kier alpha value is -2.08. The molecule has 1 aromatic carbocycles. The summed E-state index contributed by atoms with van der Waals surface area (Å²) in [7, 11) is 1.62. The number of ether oxygens (including phenoxy) is 1. The van der Waals surface area contributed by atoms with E-state index in [0.29, 0.717) is 32.5 Å². The molecule has 24 heavy (non-hydrogen) atoms. The molecule has 1 heterocycles. The summed E-state index contributed by atoms with van der Waals surface area (Å²) >= 11 is 0. The molecule has 0 atom stereocenters. The number of nitrogens with zero attached hydrogens (tertiary/aromatic N) is 1. The largest absolute Gasteiger partial charge is 0.497 e. The van der Waals surface area contributed by atoms with Gasteiger partial charge in [0.15, 0.2) is 0 Å². The molecule has 0 spiro atoms. The average molecular weight is 333 g/mol. The second-order valence-corrected chi connectivity index (χ2v) is 6.85. The first kappa shape index (κ1) is 18.3. The van der Waals surface area contributed by atoms with Crippen molar-refractivity contribution in [2.75, 3.05) is 20.2 Å². The van der Waals surface area contributed by atoms with Crippen molar-refractivity contribution >= 4 is 11.8 Å². The van der Waals surface area contributed by atoms with Crippen LogP contribution in [0.3, 0.4) is 0 Å². The SMILES string of the molecule is COc1ccc(CNC(=O)C2CCN(C(=O)C(C)(C)N)CC2)cc1. The molecule has 2 amide bonds. The van der Waals surface area contributed by atoms with Crippen molar-refractivity contribution in [3.63, 3.8) is 0 Å². The molecule has 0 radical (unpaired) electrons. The Balaban J connectivity index is 1.79. The van der Waals surface area contributed by atoms with Crippen molar-refractivity contribution < 1.29 is 14.3 Å². The van der Waals surface area contributed by atoms with Crippen LogP contribution in [-0.4, -0.2) is 42.5 Å². The molecule has 1 saturated heterocycles. The number of methoxy groups -OCH3 is 1. The maximum absolute atomic E-state index is 12.3. The summed E-state index contributed by atoms with van der Waals surface area (Å²) in [5, 5.41) is 2.97. The van der Waals surface area contributed by atoms with Gasteiger partial charge in [-0.25, -0.2) is 0 Å². The Morgan fingerprint density at radius 3 is 2.33 bits per heavy atom. The van der Waals surface area contributed by atoms with E-state index >= 15 is 0 Å². The third kappa shape index (κ3) is 4.71. The van der Waals surface area contributed by atoms with Gasteiger partial charge in [-0.2, -0.15) is 0 Å². The molecule has 1 aliphatic rings. The molecule has 6 heteroatoms. The number of rotatable bonds is 5. The van der Waals surface area contributed by atoms with Crippen molar-refractivity contribution in [3.05, 3.63) is 29.8 Å². The zero-order valence-electron chi connectivity index (χ0n) is 14.7. The lowest BCUT2D eigenvalue weighted by atomic mass is 9.94. The fraction of sp³-hybridized carbons (Fsp3) is 0.556. The lowest BCUT2D eigenvalue weighted by molar-refractivity contribution is -0.139. The predicted octanol–water partition coefficient (Wildman–Crippen LogP) is 1.29. The van der Waals surface area contributed by atoms with E-state index in [1.165, 1.54) is 0 Å². The van der Waals surface area contributed by atoms with Crippen LogP contribution in [0.2, 0.25) is 0 Å². The number of amides is 2. The van der Waals surface area contributed by atoms with Crippen LogP contribution in [0, 0.1) is 5.92 Å². The Bertz CT molecular complexity index is 570. The summed E-state index contributed by atoms with van der Waals surface area (Å²) in [5.74, 6) is 0.739. The van der Waals surface area contributed by atoms with Gasteiger partial charge in [-0.15, -0.1) is 0 Å². The highest BCUT2D eigenvalue weighted by atomic mass is 16.5. The van der Waals surface area contributed by atoms with Crippen LogP contribution in [-0.2, 0) is 16.1 Å². The van der Waals surface area contributed by atoms with Gasteiger partial charge in [0, 0.05) is 25.6 Å². The van der Waals surface area contributed by atoms with E-state index in [1.54, 1.807) is 25.9 Å². The number of benzene rings is 1. The number of nitrogens with one attached hydrogen (secondary N) is 1. The highest BCUT2D eigenvalue weighted by molar-refractivity contribution is 5.85. The second-order valence-electron chi connectivity index (χ2n) is 6.85. The molecular weight excluding hydrogens is 306 g/mol. The Kier molecular flexibility index (Phi) is 5.83. The minimum atomic E-state index is -0.858. The third-order valence-corrected chi connectivity index (χ3v) is 4.33. The number of carbonyl (C=O) groups excluding carboxylic acids is 2. The molecule has 2 rings (SSSR count). The number of likely N-dealkylation sites (tertiary alicyclic amines) is 1. The summed E-state index contributed by atoms with van der Waals surface area (Å²) in [5.41, 5.74) is 6.03. The molecule has 0 unspecified atom stereocenters. The van der Waals surface area contributed by atoms with E-state index in [0.717, 1.165) is 11.3 Å². The van der Waals surface area contributed by atoms with E-state index in [-0.39, 0.29) is 17.7 Å². The Morgan fingerprint density at radius 1 is 1.25 bits per heavy atom. The van der Waals surface area contributed by atoms with Crippen molar-refractivity contribution in [1.82, 2.24) is 10.2 Å². The maximum atomic E-state index is 12.3. The predicted molar refractivity (Wildman–Crippen MR) is 92.4 cm³/mol. The van der Waals surface area contributed by atoms with Gasteiger partial charge in [0.05, 0.1) is 12.6 Å².